The number of rotatable bonds is 7. The molecule has 0 amide bonds. The van der Waals surface area contributed by atoms with Crippen LogP contribution in [0.1, 0.15) is 12.8 Å². The zero-order valence-electron chi connectivity index (χ0n) is 17.5. The second kappa shape index (κ2) is 8.25. The molecule has 0 saturated heterocycles. The van der Waals surface area contributed by atoms with Crippen LogP contribution in [0, 0.1) is 11.7 Å². The molecule has 0 unspecified atom stereocenters. The van der Waals surface area contributed by atoms with Gasteiger partial charge < -0.3 is 14.6 Å². The average Bonchev–Trinajstić information content (AvgIpc) is 3.37. The van der Waals surface area contributed by atoms with Gasteiger partial charge >= 0.3 is 0 Å². The van der Waals surface area contributed by atoms with Gasteiger partial charge in [0, 0.05) is 12.7 Å². The number of hydrogen-bond acceptors (Lipinski definition) is 7. The molecule has 33 heavy (non-hydrogen) atoms. The Bertz CT molecular complexity index is 1430. The quantitative estimate of drug-likeness (QED) is 0.321. The van der Waals surface area contributed by atoms with Crippen molar-refractivity contribution < 1.29 is 9.13 Å². The summed E-state index contributed by atoms with van der Waals surface area (Å²) in [5.41, 5.74) is 2.84. The monoisotopic (exact) mass is 458 g/mol. The van der Waals surface area contributed by atoms with Gasteiger partial charge in [-0.05, 0) is 60.7 Å². The smallest absolute Gasteiger partial charge is 0.250 e. The zero-order valence-corrected chi connectivity index (χ0v) is 18.3. The van der Waals surface area contributed by atoms with Crippen molar-refractivity contribution in [2.75, 3.05) is 5.32 Å². The van der Waals surface area contributed by atoms with E-state index in [0.29, 0.717) is 28.0 Å². The first-order valence-electron chi connectivity index (χ1n) is 10.6. The second-order valence-electron chi connectivity index (χ2n) is 7.95. The molecular weight excluding hydrogens is 439 g/mol. The number of benzene rings is 2. The molecule has 5 aromatic rings. The number of fused-ring (bicyclic) bond motifs is 1. The summed E-state index contributed by atoms with van der Waals surface area (Å²) >= 11 is 1.45. The maximum absolute atomic E-state index is 13.9. The van der Waals surface area contributed by atoms with Crippen LogP contribution in [0.5, 0.6) is 11.6 Å². The van der Waals surface area contributed by atoms with Crippen LogP contribution in [-0.4, -0.2) is 24.5 Å². The molecule has 2 aromatic carbocycles. The fourth-order valence-electron chi connectivity index (χ4n) is 3.59. The molecule has 3 heterocycles. The minimum Gasteiger partial charge on any atom is -0.437 e. The highest BCUT2D eigenvalue weighted by molar-refractivity contribution is 7.18. The van der Waals surface area contributed by atoms with Gasteiger partial charge in [0.25, 0.3) is 5.88 Å². The lowest BCUT2D eigenvalue weighted by Crippen LogP contribution is -1.99. The number of para-hydroxylation sites is 1. The number of ether oxygens (including phenoxy) is 1. The Kier molecular flexibility index (Phi) is 4.95. The highest BCUT2D eigenvalue weighted by atomic mass is 32.1. The predicted octanol–water partition coefficient (Wildman–Crippen LogP) is 6.03. The van der Waals surface area contributed by atoms with E-state index in [1.807, 2.05) is 30.6 Å². The lowest BCUT2D eigenvalue weighted by Gasteiger charge is -2.06. The van der Waals surface area contributed by atoms with Gasteiger partial charge in [-0.2, -0.15) is 4.98 Å². The van der Waals surface area contributed by atoms with Crippen molar-refractivity contribution in [3.63, 3.8) is 0 Å². The van der Waals surface area contributed by atoms with Gasteiger partial charge in [-0.25, -0.2) is 19.3 Å². The highest BCUT2D eigenvalue weighted by Crippen LogP contribution is 2.34. The van der Waals surface area contributed by atoms with Crippen molar-refractivity contribution >= 4 is 33.3 Å². The van der Waals surface area contributed by atoms with Crippen LogP contribution >= 0.6 is 11.3 Å². The average molecular weight is 459 g/mol. The van der Waals surface area contributed by atoms with E-state index in [1.54, 1.807) is 24.4 Å². The molecule has 3 aromatic heterocycles. The molecule has 0 aliphatic heterocycles. The Morgan fingerprint density at radius 1 is 1.03 bits per heavy atom. The standard InChI is InChI=1S/C24H19FN6OS/c25-18-3-1-2-4-19(18)30-24-26-11-20(33-24)16-7-9-17(10-8-16)32-23-21-22(27-13-28-23)31(14-29-21)12-15-5-6-15/h1-4,7-11,13-15H,5-6,12H2,(H,26,30). The zero-order chi connectivity index (χ0) is 22.2. The predicted molar refractivity (Wildman–Crippen MR) is 125 cm³/mol. The van der Waals surface area contributed by atoms with Crippen LogP contribution in [0.15, 0.2) is 67.4 Å². The molecule has 1 aliphatic carbocycles. The number of nitrogens with one attached hydrogen (secondary N) is 1. The molecule has 0 bridgehead atoms. The highest BCUT2D eigenvalue weighted by Gasteiger charge is 2.23. The summed E-state index contributed by atoms with van der Waals surface area (Å²) in [6.07, 6.45) is 7.62. The van der Waals surface area contributed by atoms with Crippen LogP contribution in [0.2, 0.25) is 0 Å². The van der Waals surface area contributed by atoms with E-state index in [-0.39, 0.29) is 5.82 Å². The summed E-state index contributed by atoms with van der Waals surface area (Å²) in [6.45, 7) is 0.935. The molecule has 7 nitrogen and oxygen atoms in total. The molecule has 1 saturated carbocycles. The number of thiazole rings is 1. The van der Waals surface area contributed by atoms with E-state index in [0.717, 1.165) is 28.6 Å². The van der Waals surface area contributed by atoms with Gasteiger partial charge in [0.2, 0.25) is 0 Å². The second-order valence-corrected chi connectivity index (χ2v) is 8.98. The molecular formula is C24H19FN6OS. The minimum absolute atomic E-state index is 0.313. The van der Waals surface area contributed by atoms with Gasteiger partial charge in [0.1, 0.15) is 17.9 Å². The number of hydrogen-bond donors (Lipinski definition) is 1. The molecule has 1 fully saturated rings. The Balaban J connectivity index is 1.18. The van der Waals surface area contributed by atoms with Crippen molar-refractivity contribution in [2.24, 2.45) is 5.92 Å². The first kappa shape index (κ1) is 19.8. The van der Waals surface area contributed by atoms with E-state index in [2.05, 4.69) is 29.8 Å². The molecule has 6 rings (SSSR count). The first-order valence-corrected chi connectivity index (χ1v) is 11.5. The van der Waals surface area contributed by atoms with Gasteiger partial charge in [0.15, 0.2) is 16.3 Å². The molecule has 1 aliphatic rings. The largest absolute Gasteiger partial charge is 0.437 e. The number of aromatic nitrogens is 5. The maximum atomic E-state index is 13.9. The fourth-order valence-corrected chi connectivity index (χ4v) is 4.42. The van der Waals surface area contributed by atoms with Crippen molar-refractivity contribution in [1.82, 2.24) is 24.5 Å². The van der Waals surface area contributed by atoms with Crippen LogP contribution in [-0.2, 0) is 6.54 Å². The minimum atomic E-state index is -0.313. The van der Waals surface area contributed by atoms with Crippen LogP contribution in [0.4, 0.5) is 15.2 Å². The third kappa shape index (κ3) is 4.14. The Morgan fingerprint density at radius 2 is 1.88 bits per heavy atom. The van der Waals surface area contributed by atoms with Crippen molar-refractivity contribution in [3.05, 3.63) is 73.2 Å². The van der Waals surface area contributed by atoms with E-state index < -0.39 is 0 Å². The number of imidazole rings is 1. The molecule has 9 heteroatoms. The Hall–Kier alpha value is -3.85. The molecule has 1 N–H and O–H groups in total. The molecule has 0 atom stereocenters. The van der Waals surface area contributed by atoms with Gasteiger partial charge in [-0.3, -0.25) is 0 Å². The summed E-state index contributed by atoms with van der Waals surface area (Å²) in [6, 6.07) is 14.2. The van der Waals surface area contributed by atoms with Crippen molar-refractivity contribution in [2.45, 2.75) is 19.4 Å². The summed E-state index contributed by atoms with van der Waals surface area (Å²) < 4.78 is 22.0. The topological polar surface area (TPSA) is 77.8 Å². The molecule has 164 valence electrons. The maximum Gasteiger partial charge on any atom is 0.250 e. The van der Waals surface area contributed by atoms with Gasteiger partial charge in [-0.1, -0.05) is 23.5 Å². The Morgan fingerprint density at radius 3 is 2.70 bits per heavy atom. The van der Waals surface area contributed by atoms with E-state index in [1.165, 1.54) is 36.6 Å². The Labute approximate surface area is 193 Å². The van der Waals surface area contributed by atoms with Crippen LogP contribution in [0.25, 0.3) is 21.6 Å². The van der Waals surface area contributed by atoms with Crippen LogP contribution < -0.4 is 10.1 Å². The molecule has 0 radical (unpaired) electrons. The van der Waals surface area contributed by atoms with E-state index in [9.17, 15) is 4.39 Å². The SMILES string of the molecule is Fc1ccccc1Nc1ncc(-c2ccc(Oc3ncnc4c3ncn4CC3CC3)cc2)s1. The summed E-state index contributed by atoms with van der Waals surface area (Å²) in [5, 5.41) is 3.65. The third-order valence-corrected chi connectivity index (χ3v) is 6.46. The first-order chi connectivity index (χ1) is 16.2. The van der Waals surface area contributed by atoms with E-state index in [4.69, 9.17) is 4.74 Å². The molecule has 0 spiro atoms. The van der Waals surface area contributed by atoms with Crippen molar-refractivity contribution in [1.29, 1.82) is 0 Å². The van der Waals surface area contributed by atoms with E-state index >= 15 is 0 Å². The summed E-state index contributed by atoms with van der Waals surface area (Å²) in [5.74, 6) is 1.51. The normalized spacial score (nSPS) is 13.4. The lowest BCUT2D eigenvalue weighted by molar-refractivity contribution is 0.467. The summed E-state index contributed by atoms with van der Waals surface area (Å²) in [4.78, 5) is 18.5. The number of nitrogens with zero attached hydrogens (tertiary/aromatic N) is 5. The number of halogens is 1. The van der Waals surface area contributed by atoms with Crippen molar-refractivity contribution in [3.8, 4) is 22.1 Å². The van der Waals surface area contributed by atoms with Gasteiger partial charge in [-0.15, -0.1) is 0 Å². The van der Waals surface area contributed by atoms with Crippen LogP contribution in [0.3, 0.4) is 0 Å². The fraction of sp³-hybridized carbons (Fsp3) is 0.167. The third-order valence-electron chi connectivity index (χ3n) is 5.49. The number of anilines is 2. The lowest BCUT2D eigenvalue weighted by atomic mass is 10.2. The van der Waals surface area contributed by atoms with Gasteiger partial charge in [0.05, 0.1) is 16.9 Å². The summed E-state index contributed by atoms with van der Waals surface area (Å²) in [7, 11) is 0.